The van der Waals surface area contributed by atoms with E-state index >= 15 is 0 Å². The van der Waals surface area contributed by atoms with Crippen LogP contribution in [0.25, 0.3) is 0 Å². The van der Waals surface area contributed by atoms with Crippen LogP contribution >= 0.6 is 0 Å². The first kappa shape index (κ1) is 15.0. The molecule has 17 heavy (non-hydrogen) atoms. The van der Waals surface area contributed by atoms with Gasteiger partial charge in [0, 0.05) is 12.6 Å². The summed E-state index contributed by atoms with van der Waals surface area (Å²) in [5.41, 5.74) is 6.50. The Hall–Kier alpha value is -0.0800. The summed E-state index contributed by atoms with van der Waals surface area (Å²) in [7, 11) is 0. The lowest BCUT2D eigenvalue weighted by Crippen LogP contribution is -2.45. The molecule has 0 aromatic rings. The first-order valence-electron chi connectivity index (χ1n) is 7.61. The summed E-state index contributed by atoms with van der Waals surface area (Å²) < 4.78 is 0. The van der Waals surface area contributed by atoms with Crippen molar-refractivity contribution < 1.29 is 0 Å². The molecule has 2 N–H and O–H groups in total. The maximum absolute atomic E-state index is 6.06. The van der Waals surface area contributed by atoms with Crippen molar-refractivity contribution in [2.75, 3.05) is 19.6 Å². The SMILES string of the molecule is CCCCN(CC1(CN)CCCC1)C(C)CC. The summed E-state index contributed by atoms with van der Waals surface area (Å²) in [6.45, 7) is 10.3. The minimum Gasteiger partial charge on any atom is -0.330 e. The molecule has 0 radical (unpaired) electrons. The molecule has 1 fully saturated rings. The molecule has 1 atom stereocenters. The van der Waals surface area contributed by atoms with Gasteiger partial charge in [0.05, 0.1) is 0 Å². The summed E-state index contributed by atoms with van der Waals surface area (Å²) in [6.07, 6.45) is 9.35. The molecule has 1 unspecified atom stereocenters. The zero-order valence-corrected chi connectivity index (χ0v) is 12.2. The van der Waals surface area contributed by atoms with E-state index in [4.69, 9.17) is 5.73 Å². The smallest absolute Gasteiger partial charge is 0.00645 e. The van der Waals surface area contributed by atoms with Gasteiger partial charge in [-0.05, 0) is 51.1 Å². The maximum Gasteiger partial charge on any atom is 0.00645 e. The van der Waals surface area contributed by atoms with Crippen LogP contribution in [-0.4, -0.2) is 30.6 Å². The highest BCUT2D eigenvalue weighted by Gasteiger charge is 2.34. The standard InChI is InChI=1S/C15H32N2/c1-4-6-11-17(14(3)5-2)13-15(12-16)9-7-8-10-15/h14H,4-13,16H2,1-3H3. The number of nitrogens with zero attached hydrogens (tertiary/aromatic N) is 1. The second-order valence-corrected chi connectivity index (χ2v) is 5.99. The van der Waals surface area contributed by atoms with Gasteiger partial charge in [0.15, 0.2) is 0 Å². The lowest BCUT2D eigenvalue weighted by molar-refractivity contribution is 0.117. The van der Waals surface area contributed by atoms with E-state index in [1.165, 1.54) is 58.0 Å². The molecule has 0 bridgehead atoms. The Kier molecular flexibility index (Phi) is 6.50. The third-order valence-electron chi connectivity index (χ3n) is 4.65. The highest BCUT2D eigenvalue weighted by molar-refractivity contribution is 4.89. The molecule has 1 saturated carbocycles. The fraction of sp³-hybridized carbons (Fsp3) is 1.00. The highest BCUT2D eigenvalue weighted by Crippen LogP contribution is 2.38. The molecular weight excluding hydrogens is 208 g/mol. The van der Waals surface area contributed by atoms with Gasteiger partial charge in [0.25, 0.3) is 0 Å². The van der Waals surface area contributed by atoms with Crippen LogP contribution in [0.3, 0.4) is 0 Å². The number of nitrogens with two attached hydrogens (primary N) is 1. The molecule has 0 amide bonds. The summed E-state index contributed by atoms with van der Waals surface area (Å²) in [6, 6.07) is 0.713. The normalized spacial score (nSPS) is 21.0. The molecular formula is C15H32N2. The Labute approximate surface area is 108 Å². The van der Waals surface area contributed by atoms with Gasteiger partial charge in [-0.3, -0.25) is 0 Å². The van der Waals surface area contributed by atoms with Crippen molar-refractivity contribution in [1.29, 1.82) is 0 Å². The predicted molar refractivity (Wildman–Crippen MR) is 76.2 cm³/mol. The van der Waals surface area contributed by atoms with E-state index in [1.807, 2.05) is 0 Å². The van der Waals surface area contributed by atoms with Crippen LogP contribution in [0.4, 0.5) is 0 Å². The van der Waals surface area contributed by atoms with Gasteiger partial charge in [-0.2, -0.15) is 0 Å². The Morgan fingerprint density at radius 3 is 2.35 bits per heavy atom. The average Bonchev–Trinajstić information content (AvgIpc) is 2.82. The Morgan fingerprint density at radius 2 is 1.88 bits per heavy atom. The van der Waals surface area contributed by atoms with Crippen molar-refractivity contribution in [2.45, 2.75) is 71.8 Å². The van der Waals surface area contributed by atoms with E-state index in [0.717, 1.165) is 6.54 Å². The fourth-order valence-corrected chi connectivity index (χ4v) is 3.06. The summed E-state index contributed by atoms with van der Waals surface area (Å²) in [5, 5.41) is 0. The number of hydrogen-bond acceptors (Lipinski definition) is 2. The largest absolute Gasteiger partial charge is 0.330 e. The second kappa shape index (κ2) is 7.38. The highest BCUT2D eigenvalue weighted by atomic mass is 15.2. The second-order valence-electron chi connectivity index (χ2n) is 5.99. The van der Waals surface area contributed by atoms with Crippen molar-refractivity contribution in [3.8, 4) is 0 Å². The molecule has 0 spiro atoms. The Balaban J connectivity index is 2.56. The van der Waals surface area contributed by atoms with Crippen LogP contribution in [0.15, 0.2) is 0 Å². The summed E-state index contributed by atoms with van der Waals surface area (Å²) in [4.78, 5) is 2.70. The van der Waals surface area contributed by atoms with E-state index in [2.05, 4.69) is 25.7 Å². The van der Waals surface area contributed by atoms with Gasteiger partial charge in [0.2, 0.25) is 0 Å². The monoisotopic (exact) mass is 240 g/mol. The van der Waals surface area contributed by atoms with Gasteiger partial charge < -0.3 is 10.6 Å². The molecule has 2 nitrogen and oxygen atoms in total. The molecule has 0 aromatic carbocycles. The van der Waals surface area contributed by atoms with Crippen LogP contribution in [0.5, 0.6) is 0 Å². The zero-order chi connectivity index (χ0) is 12.7. The zero-order valence-electron chi connectivity index (χ0n) is 12.2. The third-order valence-corrected chi connectivity index (χ3v) is 4.65. The van der Waals surface area contributed by atoms with E-state index in [9.17, 15) is 0 Å². The quantitative estimate of drug-likeness (QED) is 0.704. The van der Waals surface area contributed by atoms with Crippen LogP contribution in [0, 0.1) is 5.41 Å². The first-order valence-corrected chi connectivity index (χ1v) is 7.61. The third kappa shape index (κ3) is 4.26. The topological polar surface area (TPSA) is 29.3 Å². The average molecular weight is 240 g/mol. The van der Waals surface area contributed by atoms with E-state index in [-0.39, 0.29) is 0 Å². The molecule has 0 saturated heterocycles. The van der Waals surface area contributed by atoms with E-state index in [1.54, 1.807) is 0 Å². The van der Waals surface area contributed by atoms with Gasteiger partial charge in [-0.15, -0.1) is 0 Å². The number of rotatable bonds is 8. The first-order chi connectivity index (χ1) is 8.17. The molecule has 0 heterocycles. The molecule has 2 heteroatoms. The van der Waals surface area contributed by atoms with Gasteiger partial charge in [-0.25, -0.2) is 0 Å². The number of unbranched alkanes of at least 4 members (excludes halogenated alkanes) is 1. The van der Waals surface area contributed by atoms with Crippen molar-refractivity contribution >= 4 is 0 Å². The van der Waals surface area contributed by atoms with Gasteiger partial charge in [0.1, 0.15) is 0 Å². The fourth-order valence-electron chi connectivity index (χ4n) is 3.06. The molecule has 0 aromatic heterocycles. The van der Waals surface area contributed by atoms with Crippen LogP contribution in [0.1, 0.15) is 65.7 Å². The predicted octanol–water partition coefficient (Wildman–Crippen LogP) is 3.41. The minimum atomic E-state index is 0.442. The Morgan fingerprint density at radius 1 is 1.24 bits per heavy atom. The summed E-state index contributed by atoms with van der Waals surface area (Å²) >= 11 is 0. The Bertz CT molecular complexity index is 197. The van der Waals surface area contributed by atoms with Crippen LogP contribution < -0.4 is 5.73 Å². The lowest BCUT2D eigenvalue weighted by Gasteiger charge is -2.37. The minimum absolute atomic E-state index is 0.442. The molecule has 102 valence electrons. The van der Waals surface area contributed by atoms with Crippen LogP contribution in [0.2, 0.25) is 0 Å². The molecule has 1 aliphatic carbocycles. The maximum atomic E-state index is 6.06. The summed E-state index contributed by atoms with van der Waals surface area (Å²) in [5.74, 6) is 0. The van der Waals surface area contributed by atoms with Crippen molar-refractivity contribution in [3.05, 3.63) is 0 Å². The van der Waals surface area contributed by atoms with Crippen molar-refractivity contribution in [2.24, 2.45) is 11.1 Å². The van der Waals surface area contributed by atoms with Crippen LogP contribution in [-0.2, 0) is 0 Å². The van der Waals surface area contributed by atoms with E-state index in [0.29, 0.717) is 11.5 Å². The van der Waals surface area contributed by atoms with E-state index < -0.39 is 0 Å². The molecule has 0 aliphatic heterocycles. The molecule has 1 rings (SSSR count). The number of hydrogen-bond donors (Lipinski definition) is 1. The van der Waals surface area contributed by atoms with Gasteiger partial charge >= 0.3 is 0 Å². The van der Waals surface area contributed by atoms with Crippen molar-refractivity contribution in [3.63, 3.8) is 0 Å². The molecule has 1 aliphatic rings. The van der Waals surface area contributed by atoms with Crippen molar-refractivity contribution in [1.82, 2.24) is 4.90 Å². The van der Waals surface area contributed by atoms with Gasteiger partial charge in [-0.1, -0.05) is 33.1 Å². The lowest BCUT2D eigenvalue weighted by atomic mass is 9.85.